The lowest BCUT2D eigenvalue weighted by atomic mass is 10.1. The largest absolute Gasteiger partial charge is 0.372 e. The molecule has 2 amide bonds. The summed E-state index contributed by atoms with van der Waals surface area (Å²) >= 11 is 9.08. The molecule has 0 spiro atoms. The van der Waals surface area contributed by atoms with Gasteiger partial charge in [-0.2, -0.15) is 12.6 Å². The summed E-state index contributed by atoms with van der Waals surface area (Å²) in [7, 11) is 1.60. The van der Waals surface area contributed by atoms with Crippen LogP contribution < -0.4 is 10.6 Å². The quantitative estimate of drug-likeness (QED) is 0.276. The molecule has 0 aliphatic heterocycles. The van der Waals surface area contributed by atoms with Gasteiger partial charge in [0.05, 0.1) is 0 Å². The number of nitrogens with one attached hydrogen (secondary N) is 2. The van der Waals surface area contributed by atoms with Gasteiger partial charge in [-0.1, -0.05) is 61.5 Å². The number of halogens is 1. The highest BCUT2D eigenvalue weighted by molar-refractivity contribution is 7.80. The van der Waals surface area contributed by atoms with Crippen molar-refractivity contribution in [3.63, 3.8) is 0 Å². The summed E-state index contributed by atoms with van der Waals surface area (Å²) in [5.41, 5.74) is 4.52. The van der Waals surface area contributed by atoms with E-state index in [2.05, 4.69) is 79.2 Å². The first-order chi connectivity index (χ1) is 15.4. The maximum Gasteiger partial charge on any atom is 0.318 e. The molecule has 0 aliphatic rings. The molecule has 0 aromatic heterocycles. The normalized spacial score (nSPS) is 10.5. The average Bonchev–Trinajstić information content (AvgIpc) is 2.83. The fraction of sp³-hybridized carbons (Fsp3) is 0.423. The number of hydrogen-bond acceptors (Lipinski definition) is 3. The molecular weight excluding hydrogens is 438 g/mol. The second kappa shape index (κ2) is 18.5. The molecular formula is C26H40ClN3OS. The van der Waals surface area contributed by atoms with Crippen LogP contribution in [0.4, 0.5) is 10.5 Å². The zero-order chi connectivity index (χ0) is 24.4. The third-order valence-corrected chi connectivity index (χ3v) is 5.37. The topological polar surface area (TPSA) is 44.4 Å². The van der Waals surface area contributed by atoms with Gasteiger partial charge in [0.2, 0.25) is 0 Å². The number of hydrogen-bond donors (Lipinski definition) is 3. The first-order valence-corrected chi connectivity index (χ1v) is 12.4. The van der Waals surface area contributed by atoms with Crippen LogP contribution in [-0.4, -0.2) is 42.7 Å². The van der Waals surface area contributed by atoms with Crippen molar-refractivity contribution in [2.24, 2.45) is 0 Å². The van der Waals surface area contributed by atoms with E-state index < -0.39 is 0 Å². The number of aryl methyl sites for hydroxylation is 2. The molecule has 6 heteroatoms. The van der Waals surface area contributed by atoms with Gasteiger partial charge in [0.15, 0.2) is 0 Å². The van der Waals surface area contributed by atoms with E-state index in [0.29, 0.717) is 6.04 Å². The van der Waals surface area contributed by atoms with E-state index in [0.717, 1.165) is 37.2 Å². The molecule has 0 saturated heterocycles. The summed E-state index contributed by atoms with van der Waals surface area (Å²) in [6.07, 6.45) is 4.43. The van der Waals surface area contributed by atoms with Gasteiger partial charge < -0.3 is 15.5 Å². The smallest absolute Gasteiger partial charge is 0.318 e. The minimum atomic E-state index is -0.206. The van der Waals surface area contributed by atoms with Gasteiger partial charge >= 0.3 is 6.03 Å². The lowest BCUT2D eigenvalue weighted by molar-refractivity contribution is 0.254. The highest BCUT2D eigenvalue weighted by Gasteiger charge is 2.15. The summed E-state index contributed by atoms with van der Waals surface area (Å²) in [5.74, 6) is 0.850. The Morgan fingerprint density at radius 3 is 2.09 bits per heavy atom. The number of amides is 2. The Labute approximate surface area is 205 Å². The predicted molar refractivity (Wildman–Crippen MR) is 145 cm³/mol. The van der Waals surface area contributed by atoms with Gasteiger partial charge in [-0.3, -0.25) is 0 Å². The number of alkyl halides is 1. The van der Waals surface area contributed by atoms with Crippen molar-refractivity contribution in [2.45, 2.75) is 46.1 Å². The summed E-state index contributed by atoms with van der Waals surface area (Å²) in [4.78, 5) is 13.6. The summed E-state index contributed by atoms with van der Waals surface area (Å²) in [5, 5.41) is 5.29. The number of benzene rings is 2. The summed E-state index contributed by atoms with van der Waals surface area (Å²) < 4.78 is 0. The van der Waals surface area contributed by atoms with E-state index in [9.17, 15) is 4.79 Å². The van der Waals surface area contributed by atoms with Crippen molar-refractivity contribution in [3.8, 4) is 0 Å². The lowest BCUT2D eigenvalue weighted by Gasteiger charge is -2.33. The molecule has 178 valence electrons. The van der Waals surface area contributed by atoms with Crippen molar-refractivity contribution >= 4 is 35.9 Å². The van der Waals surface area contributed by atoms with E-state index in [4.69, 9.17) is 0 Å². The maximum absolute atomic E-state index is 11.3. The third kappa shape index (κ3) is 12.1. The van der Waals surface area contributed by atoms with Crippen molar-refractivity contribution in [1.82, 2.24) is 10.2 Å². The van der Waals surface area contributed by atoms with E-state index >= 15 is 0 Å². The van der Waals surface area contributed by atoms with Crippen LogP contribution in [-0.2, 0) is 6.42 Å². The van der Waals surface area contributed by atoms with Crippen LogP contribution in [0, 0.1) is 6.92 Å². The first kappa shape index (κ1) is 29.9. The number of nitrogens with zero attached hydrogens (tertiary/aromatic N) is 1. The molecule has 4 nitrogen and oxygen atoms in total. The lowest BCUT2D eigenvalue weighted by Crippen LogP contribution is -2.35. The van der Waals surface area contributed by atoms with Crippen molar-refractivity contribution in [2.75, 3.05) is 31.0 Å². The Morgan fingerprint density at radius 1 is 1.09 bits per heavy atom. The Balaban J connectivity index is 0.000000889. The molecule has 0 saturated carbocycles. The number of anilines is 1. The molecule has 0 bridgehead atoms. The Morgan fingerprint density at radius 2 is 1.69 bits per heavy atom. The molecule has 32 heavy (non-hydrogen) atoms. The monoisotopic (exact) mass is 477 g/mol. The standard InChI is InChI=1S/C18H29N3OS.C7H8.CH3Cl/c1-5-17(13-23)21(6-2)14(3)7-8-15-9-11-16(12-10-15)20-18(22)19-4;1-7-5-3-2-4-6-7;1-2/h9-12,17,23H,3,5-8,13H2,1-2,4H3,(H2,19,20,22);2-6H,1H3;1H3. The van der Waals surface area contributed by atoms with Crippen molar-refractivity contribution in [1.29, 1.82) is 0 Å². The van der Waals surface area contributed by atoms with Gasteiger partial charge in [-0.25, -0.2) is 4.79 Å². The van der Waals surface area contributed by atoms with Gasteiger partial charge in [-0.05, 0) is 50.8 Å². The Bertz CT molecular complexity index is 749. The number of rotatable bonds is 9. The minimum Gasteiger partial charge on any atom is -0.372 e. The highest BCUT2D eigenvalue weighted by atomic mass is 35.5. The fourth-order valence-electron chi connectivity index (χ4n) is 3.10. The molecule has 2 rings (SSSR count). The predicted octanol–water partition coefficient (Wildman–Crippen LogP) is 6.76. The Kier molecular flexibility index (Phi) is 17.2. The molecule has 0 fully saturated rings. The van der Waals surface area contributed by atoms with Gasteiger partial charge in [-0.15, -0.1) is 11.6 Å². The third-order valence-electron chi connectivity index (χ3n) is 4.95. The molecule has 0 radical (unpaired) electrons. The van der Waals surface area contributed by atoms with E-state index in [1.807, 2.05) is 42.5 Å². The van der Waals surface area contributed by atoms with Crippen LogP contribution in [0.5, 0.6) is 0 Å². The molecule has 1 atom stereocenters. The van der Waals surface area contributed by atoms with Gasteiger partial charge in [0.25, 0.3) is 0 Å². The van der Waals surface area contributed by atoms with E-state index in [1.54, 1.807) is 7.05 Å². The molecule has 0 heterocycles. The molecule has 2 aromatic carbocycles. The van der Waals surface area contributed by atoms with Crippen molar-refractivity contribution in [3.05, 3.63) is 78.0 Å². The summed E-state index contributed by atoms with van der Waals surface area (Å²) in [6, 6.07) is 18.4. The fourth-order valence-corrected chi connectivity index (χ4v) is 3.56. The zero-order valence-corrected chi connectivity index (χ0v) is 21.8. The highest BCUT2D eigenvalue weighted by Crippen LogP contribution is 2.18. The molecule has 1 unspecified atom stereocenters. The first-order valence-electron chi connectivity index (χ1n) is 11.0. The summed E-state index contributed by atoms with van der Waals surface area (Å²) in [6.45, 7) is 11.7. The molecule has 2 N–H and O–H groups in total. The second-order valence-corrected chi connectivity index (χ2v) is 7.52. The zero-order valence-electron chi connectivity index (χ0n) is 20.2. The van der Waals surface area contributed by atoms with Gasteiger partial charge in [0.1, 0.15) is 0 Å². The van der Waals surface area contributed by atoms with Gasteiger partial charge in [0, 0.05) is 43.2 Å². The average molecular weight is 478 g/mol. The van der Waals surface area contributed by atoms with Crippen LogP contribution in [0.1, 0.15) is 37.8 Å². The number of carbonyl (C=O) groups excluding carboxylic acids is 1. The van der Waals surface area contributed by atoms with E-state index in [-0.39, 0.29) is 6.03 Å². The maximum atomic E-state index is 11.3. The molecule has 2 aromatic rings. The van der Waals surface area contributed by atoms with Crippen LogP contribution in [0.15, 0.2) is 66.9 Å². The van der Waals surface area contributed by atoms with Crippen molar-refractivity contribution < 1.29 is 4.79 Å². The van der Waals surface area contributed by atoms with E-state index in [1.165, 1.54) is 23.2 Å². The van der Waals surface area contributed by atoms with Crippen LogP contribution >= 0.6 is 24.2 Å². The van der Waals surface area contributed by atoms with Crippen LogP contribution in [0.3, 0.4) is 0 Å². The second-order valence-electron chi connectivity index (χ2n) is 7.15. The Hall–Kier alpha value is -2.11. The SMILES string of the molecule is C=C(CCc1ccc(NC(=O)NC)cc1)N(CC)C(CC)CS.CCl.Cc1ccccc1. The number of urea groups is 1. The number of carbonyl (C=O) groups is 1. The minimum absolute atomic E-state index is 0.206. The van der Waals surface area contributed by atoms with Crippen LogP contribution in [0.2, 0.25) is 0 Å². The van der Waals surface area contributed by atoms with Crippen LogP contribution in [0.25, 0.3) is 0 Å². The number of allylic oxidation sites excluding steroid dienone is 1. The molecule has 0 aliphatic carbocycles. The number of thiol groups is 1.